The van der Waals surface area contributed by atoms with E-state index in [0.717, 1.165) is 37.4 Å². The van der Waals surface area contributed by atoms with Crippen molar-refractivity contribution in [3.05, 3.63) is 24.0 Å². The number of likely N-dealkylation sites (tertiary alicyclic amines) is 1. The third-order valence-corrected chi connectivity index (χ3v) is 2.80. The lowest BCUT2D eigenvalue weighted by Gasteiger charge is -2.14. The quantitative estimate of drug-likeness (QED) is 0.799. The number of methoxy groups -OCH3 is 1. The molecule has 4 nitrogen and oxygen atoms in total. The molecule has 0 aliphatic carbocycles. The lowest BCUT2D eigenvalue weighted by atomic mass is 10.3. The molecule has 1 saturated heterocycles. The van der Waals surface area contributed by atoms with Crippen molar-refractivity contribution in [3.63, 3.8) is 0 Å². The Hall–Kier alpha value is -1.13. The van der Waals surface area contributed by atoms with Gasteiger partial charge in [0, 0.05) is 26.7 Å². The third-order valence-electron chi connectivity index (χ3n) is 2.80. The average Bonchev–Trinajstić information content (AvgIpc) is 2.69. The summed E-state index contributed by atoms with van der Waals surface area (Å²) < 4.78 is 5.32. The molecule has 0 spiro atoms. The summed E-state index contributed by atoms with van der Waals surface area (Å²) >= 11 is 0. The lowest BCUT2D eigenvalue weighted by molar-refractivity contribution is 0.107. The van der Waals surface area contributed by atoms with E-state index in [1.165, 1.54) is 0 Å². The zero-order valence-electron chi connectivity index (χ0n) is 9.02. The van der Waals surface area contributed by atoms with Crippen LogP contribution in [0.2, 0.25) is 0 Å². The van der Waals surface area contributed by atoms with Gasteiger partial charge in [-0.3, -0.25) is 9.88 Å². The average molecular weight is 207 g/mol. The highest BCUT2D eigenvalue weighted by atomic mass is 16.5. The normalized spacial score (nSPS) is 22.1. The van der Waals surface area contributed by atoms with Crippen LogP contribution >= 0.6 is 0 Å². The number of hydrogen-bond acceptors (Lipinski definition) is 4. The number of nitrogens with zero attached hydrogens (tertiary/aromatic N) is 2. The van der Waals surface area contributed by atoms with Gasteiger partial charge >= 0.3 is 0 Å². The van der Waals surface area contributed by atoms with Crippen LogP contribution in [0.4, 0.5) is 5.69 Å². The van der Waals surface area contributed by atoms with Crippen LogP contribution in [0.3, 0.4) is 0 Å². The minimum absolute atomic E-state index is 0.388. The van der Waals surface area contributed by atoms with Crippen molar-refractivity contribution in [2.24, 2.45) is 0 Å². The van der Waals surface area contributed by atoms with Crippen molar-refractivity contribution in [1.29, 1.82) is 0 Å². The monoisotopic (exact) mass is 207 g/mol. The van der Waals surface area contributed by atoms with Crippen LogP contribution in [0.1, 0.15) is 12.1 Å². The first kappa shape index (κ1) is 10.4. The van der Waals surface area contributed by atoms with E-state index in [0.29, 0.717) is 6.10 Å². The summed E-state index contributed by atoms with van der Waals surface area (Å²) in [5.74, 6) is 0. The molecule has 0 saturated carbocycles. The van der Waals surface area contributed by atoms with Crippen LogP contribution < -0.4 is 5.73 Å². The first-order valence-electron chi connectivity index (χ1n) is 5.23. The summed E-state index contributed by atoms with van der Waals surface area (Å²) in [6.07, 6.45) is 3.21. The standard InChI is InChI=1S/C11H17N3O/c1-15-11-4-5-14(8-11)7-10-3-2-9(12)6-13-10/h2-3,6,11H,4-5,7-8,12H2,1H3. The number of pyridine rings is 1. The molecule has 1 unspecified atom stereocenters. The Bertz CT molecular complexity index is 312. The summed E-state index contributed by atoms with van der Waals surface area (Å²) in [4.78, 5) is 6.64. The van der Waals surface area contributed by atoms with Gasteiger partial charge in [0.05, 0.1) is 23.7 Å². The number of nitrogen functional groups attached to an aromatic ring is 1. The van der Waals surface area contributed by atoms with Crippen LogP contribution in [0.5, 0.6) is 0 Å². The summed E-state index contributed by atoms with van der Waals surface area (Å²) in [7, 11) is 1.77. The van der Waals surface area contributed by atoms with Crippen LogP contribution in [-0.2, 0) is 11.3 Å². The first-order valence-corrected chi connectivity index (χ1v) is 5.23. The number of nitrogens with two attached hydrogens (primary N) is 1. The summed E-state index contributed by atoms with van der Waals surface area (Å²) in [6.45, 7) is 2.98. The Kier molecular flexibility index (Phi) is 3.18. The maximum absolute atomic E-state index is 5.58. The molecule has 0 amide bonds. The van der Waals surface area contributed by atoms with Crippen molar-refractivity contribution in [1.82, 2.24) is 9.88 Å². The highest BCUT2D eigenvalue weighted by molar-refractivity contribution is 5.34. The number of hydrogen-bond donors (Lipinski definition) is 1. The second kappa shape index (κ2) is 4.59. The summed E-state index contributed by atoms with van der Waals surface area (Å²) in [5, 5.41) is 0. The molecular weight excluding hydrogens is 190 g/mol. The highest BCUT2D eigenvalue weighted by Crippen LogP contribution is 2.14. The van der Waals surface area contributed by atoms with Crippen LogP contribution in [0.15, 0.2) is 18.3 Å². The van der Waals surface area contributed by atoms with E-state index in [2.05, 4.69) is 9.88 Å². The van der Waals surface area contributed by atoms with E-state index in [-0.39, 0.29) is 0 Å². The van der Waals surface area contributed by atoms with Gasteiger partial charge < -0.3 is 10.5 Å². The SMILES string of the molecule is COC1CCN(Cc2ccc(N)cn2)C1. The van der Waals surface area contributed by atoms with Crippen LogP contribution in [0.25, 0.3) is 0 Å². The molecule has 1 fully saturated rings. The zero-order valence-corrected chi connectivity index (χ0v) is 9.02. The van der Waals surface area contributed by atoms with E-state index in [1.54, 1.807) is 13.3 Å². The molecule has 2 rings (SSSR count). The molecule has 0 bridgehead atoms. The smallest absolute Gasteiger partial charge is 0.0710 e. The van der Waals surface area contributed by atoms with E-state index in [1.807, 2.05) is 12.1 Å². The fourth-order valence-electron chi connectivity index (χ4n) is 1.89. The molecule has 82 valence electrons. The fourth-order valence-corrected chi connectivity index (χ4v) is 1.89. The van der Waals surface area contributed by atoms with Gasteiger partial charge in [0.25, 0.3) is 0 Å². The molecular formula is C11H17N3O. The molecule has 0 radical (unpaired) electrons. The first-order chi connectivity index (χ1) is 7.28. The van der Waals surface area contributed by atoms with Crippen molar-refractivity contribution in [3.8, 4) is 0 Å². The molecule has 15 heavy (non-hydrogen) atoms. The van der Waals surface area contributed by atoms with Gasteiger partial charge in [0.15, 0.2) is 0 Å². The van der Waals surface area contributed by atoms with Gasteiger partial charge in [0.2, 0.25) is 0 Å². The van der Waals surface area contributed by atoms with Gasteiger partial charge in [-0.2, -0.15) is 0 Å². The maximum Gasteiger partial charge on any atom is 0.0710 e. The highest BCUT2D eigenvalue weighted by Gasteiger charge is 2.21. The van der Waals surface area contributed by atoms with Crippen molar-refractivity contribution in [2.45, 2.75) is 19.1 Å². The molecule has 2 N–H and O–H groups in total. The molecule has 2 heterocycles. The van der Waals surface area contributed by atoms with E-state index >= 15 is 0 Å². The Balaban J connectivity index is 1.90. The van der Waals surface area contributed by atoms with Crippen LogP contribution in [-0.4, -0.2) is 36.2 Å². The predicted octanol–water partition coefficient (Wildman–Crippen LogP) is 0.885. The van der Waals surface area contributed by atoms with Gasteiger partial charge in [0.1, 0.15) is 0 Å². The largest absolute Gasteiger partial charge is 0.397 e. The molecule has 1 aromatic heterocycles. The topological polar surface area (TPSA) is 51.4 Å². The second-order valence-electron chi connectivity index (χ2n) is 3.96. The Morgan fingerprint density at radius 3 is 3.07 bits per heavy atom. The predicted molar refractivity (Wildman–Crippen MR) is 59.3 cm³/mol. The number of aromatic nitrogens is 1. The van der Waals surface area contributed by atoms with Crippen molar-refractivity contribution in [2.75, 3.05) is 25.9 Å². The Labute approximate surface area is 90.0 Å². The zero-order chi connectivity index (χ0) is 10.7. The molecule has 1 aliphatic rings. The van der Waals surface area contributed by atoms with E-state index in [9.17, 15) is 0 Å². The Morgan fingerprint density at radius 2 is 2.47 bits per heavy atom. The Morgan fingerprint density at radius 1 is 1.60 bits per heavy atom. The second-order valence-corrected chi connectivity index (χ2v) is 3.96. The fraction of sp³-hybridized carbons (Fsp3) is 0.545. The molecule has 1 aromatic rings. The molecule has 0 aromatic carbocycles. The number of anilines is 1. The lowest BCUT2D eigenvalue weighted by Crippen LogP contribution is -2.22. The molecule has 1 aliphatic heterocycles. The van der Waals surface area contributed by atoms with Crippen molar-refractivity contribution < 1.29 is 4.74 Å². The summed E-state index contributed by atoms with van der Waals surface area (Å²) in [5.41, 5.74) is 7.37. The number of rotatable bonds is 3. The van der Waals surface area contributed by atoms with Gasteiger partial charge in [-0.25, -0.2) is 0 Å². The van der Waals surface area contributed by atoms with E-state index in [4.69, 9.17) is 10.5 Å². The maximum atomic E-state index is 5.58. The van der Waals surface area contributed by atoms with Gasteiger partial charge in [-0.05, 0) is 18.6 Å². The number of ether oxygens (including phenoxy) is 1. The van der Waals surface area contributed by atoms with Crippen molar-refractivity contribution >= 4 is 5.69 Å². The minimum atomic E-state index is 0.388. The van der Waals surface area contributed by atoms with Gasteiger partial charge in [-0.15, -0.1) is 0 Å². The summed E-state index contributed by atoms with van der Waals surface area (Å²) in [6, 6.07) is 3.88. The third kappa shape index (κ3) is 2.67. The van der Waals surface area contributed by atoms with Crippen LogP contribution in [0, 0.1) is 0 Å². The molecule has 1 atom stereocenters. The molecule has 4 heteroatoms. The van der Waals surface area contributed by atoms with E-state index < -0.39 is 0 Å². The minimum Gasteiger partial charge on any atom is -0.397 e. The van der Waals surface area contributed by atoms with Gasteiger partial charge in [-0.1, -0.05) is 0 Å².